The summed E-state index contributed by atoms with van der Waals surface area (Å²) in [6.45, 7) is 0. The van der Waals surface area contributed by atoms with E-state index in [2.05, 4.69) is 191 Å². The second-order valence-corrected chi connectivity index (χ2v) is 16.7. The van der Waals surface area contributed by atoms with Crippen molar-refractivity contribution in [3.05, 3.63) is 255 Å². The first kappa shape index (κ1) is 40.3. The van der Waals surface area contributed by atoms with Crippen molar-refractivity contribution in [2.45, 2.75) is 0 Å². The lowest BCUT2D eigenvalue weighted by atomic mass is 10.0. The summed E-state index contributed by atoms with van der Waals surface area (Å²) in [5.74, 6) is 2.36. The Morgan fingerprint density at radius 3 is 1.28 bits per heavy atom. The molecule has 0 amide bonds. The Bertz CT molecular complexity index is 3630. The predicted octanol–water partition coefficient (Wildman–Crippen LogP) is 15.8. The van der Waals surface area contributed by atoms with Crippen molar-refractivity contribution in [3.63, 3.8) is 0 Å². The summed E-state index contributed by atoms with van der Waals surface area (Å²) in [4.78, 5) is 22.9. The molecule has 0 bridgehead atoms. The fraction of sp³-hybridized carbons (Fsp3) is 0. The molecule has 0 radical (unpaired) electrons. The standard InChI is InChI=1S/C62H42N6/c1-6-18-43(19-7-1)45-30-35-52(36-31-45)67(53-37-32-46(33-38-53)49-34-39-58-55(40-49)54-28-16-17-29-57(54)68(58)51-26-14-5-15-27-51)59-42-50(44-20-8-2-9-21-44)41-56(63-59)62-65-60(47-22-10-3-11-23-47)64-61(66-62)48-24-12-4-13-25-48/h1-42H. The molecule has 0 unspecified atom stereocenters. The van der Waals surface area contributed by atoms with Crippen LogP contribution >= 0.6 is 0 Å². The van der Waals surface area contributed by atoms with Crippen LogP contribution in [0, 0.1) is 0 Å². The van der Waals surface area contributed by atoms with E-state index >= 15 is 0 Å². The van der Waals surface area contributed by atoms with Gasteiger partial charge in [-0.05, 0) is 100 Å². The zero-order valence-electron chi connectivity index (χ0n) is 36.9. The minimum atomic E-state index is 0.482. The van der Waals surface area contributed by atoms with Crippen molar-refractivity contribution in [2.75, 3.05) is 4.90 Å². The summed E-state index contributed by atoms with van der Waals surface area (Å²) in [6.07, 6.45) is 0. The van der Waals surface area contributed by atoms with Crippen LogP contribution in [0.1, 0.15) is 0 Å². The Kier molecular flexibility index (Phi) is 10.4. The smallest absolute Gasteiger partial charge is 0.182 e. The zero-order valence-corrected chi connectivity index (χ0v) is 36.9. The van der Waals surface area contributed by atoms with Gasteiger partial charge < -0.3 is 4.57 Å². The summed E-state index contributed by atoms with van der Waals surface area (Å²) in [5, 5.41) is 2.44. The van der Waals surface area contributed by atoms with Crippen LogP contribution in [0.3, 0.4) is 0 Å². The van der Waals surface area contributed by atoms with Gasteiger partial charge in [-0.2, -0.15) is 0 Å². The fourth-order valence-electron chi connectivity index (χ4n) is 9.12. The van der Waals surface area contributed by atoms with Crippen LogP contribution in [-0.4, -0.2) is 24.5 Å². The number of para-hydroxylation sites is 2. The van der Waals surface area contributed by atoms with Crippen LogP contribution in [0.2, 0.25) is 0 Å². The number of pyridine rings is 1. The number of rotatable bonds is 10. The third-order valence-electron chi connectivity index (χ3n) is 12.5. The van der Waals surface area contributed by atoms with Crippen molar-refractivity contribution in [1.82, 2.24) is 24.5 Å². The van der Waals surface area contributed by atoms with E-state index in [-0.39, 0.29) is 0 Å². The summed E-state index contributed by atoms with van der Waals surface area (Å²) >= 11 is 0. The maximum atomic E-state index is 5.47. The highest BCUT2D eigenvalue weighted by molar-refractivity contribution is 6.10. The minimum absolute atomic E-state index is 0.482. The average molecular weight is 871 g/mol. The third-order valence-corrected chi connectivity index (χ3v) is 12.5. The SMILES string of the molecule is c1ccc(-c2ccc(N(c3ccc(-c4ccc5c(c4)c4ccccc4n5-c4ccccc4)cc3)c3cc(-c4ccccc4)cc(-c4nc(-c5ccccc5)nc(-c5ccccc5)n4)n3)cc2)cc1. The largest absolute Gasteiger partial charge is 0.309 e. The average Bonchev–Trinajstić information content (AvgIpc) is 3.76. The van der Waals surface area contributed by atoms with Gasteiger partial charge in [0, 0.05) is 39.0 Å². The summed E-state index contributed by atoms with van der Waals surface area (Å²) < 4.78 is 2.35. The van der Waals surface area contributed by atoms with Gasteiger partial charge in [-0.1, -0.05) is 188 Å². The van der Waals surface area contributed by atoms with Crippen molar-refractivity contribution in [2.24, 2.45) is 0 Å². The van der Waals surface area contributed by atoms with E-state index in [1.165, 1.54) is 21.8 Å². The molecule has 68 heavy (non-hydrogen) atoms. The molecule has 0 aliphatic carbocycles. The number of benzene rings is 9. The lowest BCUT2D eigenvalue weighted by molar-refractivity contribution is 1.05. The van der Waals surface area contributed by atoms with Crippen molar-refractivity contribution in [3.8, 4) is 73.4 Å². The molecule has 3 heterocycles. The van der Waals surface area contributed by atoms with Crippen LogP contribution in [-0.2, 0) is 0 Å². The van der Waals surface area contributed by atoms with E-state index < -0.39 is 0 Å². The van der Waals surface area contributed by atoms with Gasteiger partial charge in [0.25, 0.3) is 0 Å². The number of anilines is 3. The Hall–Kier alpha value is -9.26. The molecule has 0 spiro atoms. The van der Waals surface area contributed by atoms with E-state index in [0.29, 0.717) is 23.2 Å². The Morgan fingerprint density at radius 1 is 0.279 bits per heavy atom. The molecular weight excluding hydrogens is 829 g/mol. The van der Waals surface area contributed by atoms with Gasteiger partial charge in [-0.25, -0.2) is 19.9 Å². The number of fused-ring (bicyclic) bond motifs is 3. The molecule has 0 saturated heterocycles. The summed E-state index contributed by atoms with van der Waals surface area (Å²) in [6, 6.07) is 88.8. The van der Waals surface area contributed by atoms with Gasteiger partial charge in [0.1, 0.15) is 11.5 Å². The first-order valence-electron chi connectivity index (χ1n) is 22.8. The molecular formula is C62H42N6. The van der Waals surface area contributed by atoms with Gasteiger partial charge in [-0.15, -0.1) is 0 Å². The van der Waals surface area contributed by atoms with E-state index in [4.69, 9.17) is 19.9 Å². The molecule has 12 aromatic rings. The van der Waals surface area contributed by atoms with Crippen LogP contribution in [0.4, 0.5) is 17.2 Å². The third kappa shape index (κ3) is 7.76. The van der Waals surface area contributed by atoms with E-state index in [0.717, 1.165) is 67.4 Å². The van der Waals surface area contributed by atoms with Crippen LogP contribution in [0.5, 0.6) is 0 Å². The summed E-state index contributed by atoms with van der Waals surface area (Å²) in [5.41, 5.74) is 14.4. The molecule has 3 aromatic heterocycles. The Morgan fingerprint density at radius 2 is 0.706 bits per heavy atom. The lowest BCUT2D eigenvalue weighted by Crippen LogP contribution is -2.13. The number of aromatic nitrogens is 5. The van der Waals surface area contributed by atoms with Crippen molar-refractivity contribution in [1.29, 1.82) is 0 Å². The van der Waals surface area contributed by atoms with E-state index in [1.54, 1.807) is 0 Å². The monoisotopic (exact) mass is 870 g/mol. The molecule has 0 aliphatic rings. The Balaban J connectivity index is 1.01. The molecule has 9 aromatic carbocycles. The second-order valence-electron chi connectivity index (χ2n) is 16.7. The molecule has 6 heteroatoms. The predicted molar refractivity (Wildman–Crippen MR) is 279 cm³/mol. The molecule has 320 valence electrons. The fourth-order valence-corrected chi connectivity index (χ4v) is 9.12. The highest BCUT2D eigenvalue weighted by Gasteiger charge is 2.21. The lowest BCUT2D eigenvalue weighted by Gasteiger charge is -2.26. The van der Waals surface area contributed by atoms with Crippen molar-refractivity contribution >= 4 is 39.0 Å². The highest BCUT2D eigenvalue weighted by Crippen LogP contribution is 2.40. The molecule has 0 fully saturated rings. The maximum Gasteiger partial charge on any atom is 0.182 e. The molecule has 6 nitrogen and oxygen atoms in total. The minimum Gasteiger partial charge on any atom is -0.309 e. The number of hydrogen-bond donors (Lipinski definition) is 0. The molecule has 0 saturated carbocycles. The van der Waals surface area contributed by atoms with Gasteiger partial charge >= 0.3 is 0 Å². The normalized spacial score (nSPS) is 11.2. The molecule has 0 N–H and O–H groups in total. The first-order valence-corrected chi connectivity index (χ1v) is 22.8. The van der Waals surface area contributed by atoms with Gasteiger partial charge in [0.2, 0.25) is 0 Å². The zero-order chi connectivity index (χ0) is 45.2. The first-order chi connectivity index (χ1) is 33.7. The van der Waals surface area contributed by atoms with Crippen LogP contribution in [0.15, 0.2) is 255 Å². The van der Waals surface area contributed by atoms with Gasteiger partial charge in [-0.3, -0.25) is 4.90 Å². The van der Waals surface area contributed by atoms with E-state index in [1.807, 2.05) is 72.8 Å². The second kappa shape index (κ2) is 17.6. The van der Waals surface area contributed by atoms with Crippen molar-refractivity contribution < 1.29 is 0 Å². The van der Waals surface area contributed by atoms with Gasteiger partial charge in [0.15, 0.2) is 17.5 Å². The molecule has 12 rings (SSSR count). The maximum absolute atomic E-state index is 5.47. The number of nitrogens with zero attached hydrogens (tertiary/aromatic N) is 6. The van der Waals surface area contributed by atoms with Crippen LogP contribution < -0.4 is 4.90 Å². The van der Waals surface area contributed by atoms with Gasteiger partial charge in [0.05, 0.1) is 11.0 Å². The van der Waals surface area contributed by atoms with E-state index in [9.17, 15) is 0 Å². The quantitative estimate of drug-likeness (QED) is 0.137. The highest BCUT2D eigenvalue weighted by atomic mass is 15.2. The molecule has 0 aliphatic heterocycles. The van der Waals surface area contributed by atoms with Crippen LogP contribution in [0.25, 0.3) is 95.2 Å². The topological polar surface area (TPSA) is 59.7 Å². The molecule has 0 atom stereocenters. The Labute approximate surface area is 394 Å². The summed E-state index contributed by atoms with van der Waals surface area (Å²) in [7, 11) is 0. The number of hydrogen-bond acceptors (Lipinski definition) is 5.